The summed E-state index contributed by atoms with van der Waals surface area (Å²) in [7, 11) is 0. The van der Waals surface area contributed by atoms with Gasteiger partial charge in [-0.3, -0.25) is 4.90 Å². The molecule has 0 aromatic heterocycles. The van der Waals surface area contributed by atoms with Crippen LogP contribution >= 0.6 is 24.0 Å². The lowest BCUT2D eigenvalue weighted by molar-refractivity contribution is -0.137. The standard InChI is InChI=1S/C20H18ClF4N3.ClH/c21-11-15-2-1-14(9-19(15)22)13-27-5-7-28(8-6-27)17-4-3-16(12-26)18(10-17)20(23,24)25;/h1-4,9-10H,5-8,11,13H2;1H. The zero-order valence-corrected chi connectivity index (χ0v) is 16.9. The van der Waals surface area contributed by atoms with Gasteiger partial charge in [0.25, 0.3) is 0 Å². The molecule has 0 unspecified atom stereocenters. The van der Waals surface area contributed by atoms with Gasteiger partial charge < -0.3 is 4.90 Å². The van der Waals surface area contributed by atoms with Crippen molar-refractivity contribution in [1.82, 2.24) is 4.90 Å². The molecule has 0 N–H and O–H groups in total. The third-order valence-electron chi connectivity index (χ3n) is 4.83. The third kappa shape index (κ3) is 5.53. The molecule has 1 heterocycles. The predicted octanol–water partition coefficient (Wildman–Crippen LogP) is 5.20. The second-order valence-electron chi connectivity index (χ2n) is 6.66. The maximum absolute atomic E-state index is 13.9. The van der Waals surface area contributed by atoms with Crippen LogP contribution in [-0.4, -0.2) is 31.1 Å². The fraction of sp³-hybridized carbons (Fsp3) is 0.350. The van der Waals surface area contributed by atoms with Crippen molar-refractivity contribution < 1.29 is 17.6 Å². The summed E-state index contributed by atoms with van der Waals surface area (Å²) < 4.78 is 53.3. The fourth-order valence-corrected chi connectivity index (χ4v) is 3.50. The molecule has 3 nitrogen and oxygen atoms in total. The van der Waals surface area contributed by atoms with Crippen LogP contribution in [0.1, 0.15) is 22.3 Å². The maximum atomic E-state index is 13.9. The molecule has 2 aromatic rings. The van der Waals surface area contributed by atoms with Crippen LogP contribution in [0.3, 0.4) is 0 Å². The molecule has 0 saturated carbocycles. The number of nitriles is 1. The van der Waals surface area contributed by atoms with E-state index in [-0.39, 0.29) is 29.7 Å². The Morgan fingerprint density at radius 3 is 2.28 bits per heavy atom. The molecule has 2 aromatic carbocycles. The van der Waals surface area contributed by atoms with Gasteiger partial charge in [-0.15, -0.1) is 24.0 Å². The first kappa shape index (κ1) is 23.3. The Labute approximate surface area is 177 Å². The van der Waals surface area contributed by atoms with E-state index < -0.39 is 11.7 Å². The summed E-state index contributed by atoms with van der Waals surface area (Å²) >= 11 is 5.66. The number of halogens is 6. The molecule has 1 fully saturated rings. The van der Waals surface area contributed by atoms with Crippen molar-refractivity contribution in [2.75, 3.05) is 31.1 Å². The summed E-state index contributed by atoms with van der Waals surface area (Å²) in [4.78, 5) is 3.99. The molecule has 0 spiro atoms. The summed E-state index contributed by atoms with van der Waals surface area (Å²) in [5, 5.41) is 8.91. The van der Waals surface area contributed by atoms with Crippen molar-refractivity contribution in [3.8, 4) is 6.07 Å². The van der Waals surface area contributed by atoms with E-state index in [2.05, 4.69) is 4.90 Å². The summed E-state index contributed by atoms with van der Waals surface area (Å²) in [5.74, 6) is -0.210. The highest BCUT2D eigenvalue weighted by Crippen LogP contribution is 2.34. The van der Waals surface area contributed by atoms with Crippen LogP contribution in [0.5, 0.6) is 0 Å². The Balaban J connectivity index is 0.00000300. The van der Waals surface area contributed by atoms with Gasteiger partial charge >= 0.3 is 6.18 Å². The van der Waals surface area contributed by atoms with Crippen LogP contribution in [-0.2, 0) is 18.6 Å². The highest BCUT2D eigenvalue weighted by atomic mass is 35.5. The zero-order chi connectivity index (χ0) is 20.3. The van der Waals surface area contributed by atoms with Crippen molar-refractivity contribution in [3.05, 3.63) is 64.5 Å². The van der Waals surface area contributed by atoms with Crippen LogP contribution in [0.2, 0.25) is 0 Å². The normalized spacial score (nSPS) is 15.0. The van der Waals surface area contributed by atoms with Gasteiger partial charge in [-0.25, -0.2) is 4.39 Å². The number of hydrogen-bond donors (Lipinski definition) is 0. The summed E-state index contributed by atoms with van der Waals surface area (Å²) in [6, 6.07) is 10.4. The van der Waals surface area contributed by atoms with Crippen molar-refractivity contribution in [3.63, 3.8) is 0 Å². The molecule has 0 aliphatic carbocycles. The average molecular weight is 448 g/mol. The largest absolute Gasteiger partial charge is 0.417 e. The number of nitrogens with zero attached hydrogens (tertiary/aromatic N) is 3. The van der Waals surface area contributed by atoms with Crippen LogP contribution in [0.25, 0.3) is 0 Å². The minimum Gasteiger partial charge on any atom is -0.369 e. The number of hydrogen-bond acceptors (Lipinski definition) is 3. The first-order chi connectivity index (χ1) is 13.3. The van der Waals surface area contributed by atoms with E-state index in [0.29, 0.717) is 44.0 Å². The van der Waals surface area contributed by atoms with E-state index in [4.69, 9.17) is 16.9 Å². The lowest BCUT2D eigenvalue weighted by atomic mass is 10.1. The highest BCUT2D eigenvalue weighted by molar-refractivity contribution is 6.17. The zero-order valence-electron chi connectivity index (χ0n) is 15.3. The molecule has 0 atom stereocenters. The smallest absolute Gasteiger partial charge is 0.369 e. The van der Waals surface area contributed by atoms with Gasteiger partial charge in [-0.2, -0.15) is 18.4 Å². The van der Waals surface area contributed by atoms with E-state index in [1.165, 1.54) is 12.1 Å². The van der Waals surface area contributed by atoms with Crippen molar-refractivity contribution in [2.24, 2.45) is 0 Å². The number of rotatable bonds is 4. The quantitative estimate of drug-likeness (QED) is 0.476. The SMILES string of the molecule is Cl.N#Cc1ccc(N2CCN(Cc3ccc(CCl)c(F)c3)CC2)cc1C(F)(F)F. The minimum atomic E-state index is -4.57. The number of alkyl halides is 4. The predicted molar refractivity (Wildman–Crippen MR) is 107 cm³/mol. The summed E-state index contributed by atoms with van der Waals surface area (Å²) in [6.07, 6.45) is -4.57. The molecule has 3 rings (SSSR count). The molecule has 1 aliphatic rings. The second-order valence-corrected chi connectivity index (χ2v) is 6.93. The van der Waals surface area contributed by atoms with Gasteiger partial charge in [-0.05, 0) is 29.8 Å². The van der Waals surface area contributed by atoms with Gasteiger partial charge in [0.1, 0.15) is 5.82 Å². The lowest BCUT2D eigenvalue weighted by Gasteiger charge is -2.36. The van der Waals surface area contributed by atoms with Crippen molar-refractivity contribution >= 4 is 29.7 Å². The van der Waals surface area contributed by atoms with Crippen LogP contribution in [0, 0.1) is 17.1 Å². The summed E-state index contributed by atoms with van der Waals surface area (Å²) in [6.45, 7) is 2.94. The van der Waals surface area contributed by atoms with Gasteiger partial charge in [0.05, 0.1) is 23.1 Å². The Morgan fingerprint density at radius 1 is 1.03 bits per heavy atom. The monoisotopic (exact) mass is 447 g/mol. The fourth-order valence-electron chi connectivity index (χ4n) is 3.28. The molecular formula is C20H19Cl2F4N3. The average Bonchev–Trinajstić information content (AvgIpc) is 2.67. The molecule has 29 heavy (non-hydrogen) atoms. The van der Waals surface area contributed by atoms with Gasteiger partial charge in [0.2, 0.25) is 0 Å². The first-order valence-corrected chi connectivity index (χ1v) is 9.27. The Kier molecular flexibility index (Phi) is 7.75. The summed E-state index contributed by atoms with van der Waals surface area (Å²) in [5.41, 5.74) is 0.444. The topological polar surface area (TPSA) is 30.3 Å². The third-order valence-corrected chi connectivity index (χ3v) is 5.12. The van der Waals surface area contributed by atoms with Gasteiger partial charge in [0.15, 0.2) is 0 Å². The van der Waals surface area contributed by atoms with Crippen LogP contribution in [0.15, 0.2) is 36.4 Å². The maximum Gasteiger partial charge on any atom is 0.417 e. The van der Waals surface area contributed by atoms with E-state index >= 15 is 0 Å². The Bertz CT molecular complexity index is 888. The van der Waals surface area contributed by atoms with Crippen molar-refractivity contribution in [1.29, 1.82) is 5.26 Å². The number of benzene rings is 2. The van der Waals surface area contributed by atoms with Gasteiger partial charge in [-0.1, -0.05) is 12.1 Å². The number of piperazine rings is 1. The van der Waals surface area contributed by atoms with E-state index in [1.807, 2.05) is 11.0 Å². The first-order valence-electron chi connectivity index (χ1n) is 8.73. The molecule has 1 aliphatic heterocycles. The minimum absolute atomic E-state index is 0. The van der Waals surface area contributed by atoms with Crippen LogP contribution in [0.4, 0.5) is 23.2 Å². The van der Waals surface area contributed by atoms with Crippen LogP contribution < -0.4 is 4.90 Å². The van der Waals surface area contributed by atoms with Gasteiger partial charge in [0, 0.05) is 44.0 Å². The van der Waals surface area contributed by atoms with E-state index in [0.717, 1.165) is 11.6 Å². The van der Waals surface area contributed by atoms with Crippen molar-refractivity contribution in [2.45, 2.75) is 18.6 Å². The Hall–Kier alpha value is -2.01. The molecule has 0 radical (unpaired) electrons. The Morgan fingerprint density at radius 2 is 1.72 bits per heavy atom. The van der Waals surface area contributed by atoms with E-state index in [9.17, 15) is 17.6 Å². The molecule has 0 bridgehead atoms. The molecule has 1 saturated heterocycles. The molecule has 9 heteroatoms. The molecule has 156 valence electrons. The lowest BCUT2D eigenvalue weighted by Crippen LogP contribution is -2.46. The highest BCUT2D eigenvalue weighted by Gasteiger charge is 2.34. The second kappa shape index (κ2) is 9.66. The van der Waals surface area contributed by atoms with E-state index in [1.54, 1.807) is 18.2 Å². The number of anilines is 1. The molecular weight excluding hydrogens is 429 g/mol. The molecule has 0 amide bonds.